The summed E-state index contributed by atoms with van der Waals surface area (Å²) in [6.07, 6.45) is 0. The van der Waals surface area contributed by atoms with Crippen LogP contribution < -0.4 is 16.0 Å². The minimum absolute atomic E-state index is 0.0546. The molecule has 0 radical (unpaired) electrons. The molecule has 0 aliphatic rings. The maximum atomic E-state index is 11.2. The number of amides is 3. The topological polar surface area (TPSA) is 162 Å². The van der Waals surface area contributed by atoms with E-state index in [-0.39, 0.29) is 13.1 Å². The highest BCUT2D eigenvalue weighted by Gasteiger charge is 2.07. The van der Waals surface area contributed by atoms with E-state index in [1.807, 2.05) is 0 Å². The Bertz CT molecular complexity index is 417. The second kappa shape index (κ2) is 6.78. The molecule has 1 rings (SSSR count). The number of carboxylic acid groups (broad SMARTS) is 1. The lowest BCUT2D eigenvalue weighted by Crippen LogP contribution is -2.42. The predicted octanol–water partition coefficient (Wildman–Crippen LogP) is -2.80. The second-order valence-electron chi connectivity index (χ2n) is 3.03. The van der Waals surface area contributed by atoms with Crippen molar-refractivity contribution in [3.05, 3.63) is 5.82 Å². The van der Waals surface area contributed by atoms with Crippen LogP contribution in [-0.2, 0) is 16.1 Å². The van der Waals surface area contributed by atoms with Crippen LogP contribution in [0.2, 0.25) is 0 Å². The van der Waals surface area contributed by atoms with E-state index in [0.29, 0.717) is 5.82 Å². The summed E-state index contributed by atoms with van der Waals surface area (Å²) in [5.41, 5.74) is 0. The zero-order valence-electron chi connectivity index (χ0n) is 9.13. The molecule has 3 amide bonds. The van der Waals surface area contributed by atoms with Crippen LogP contribution >= 0.6 is 0 Å². The van der Waals surface area contributed by atoms with Gasteiger partial charge >= 0.3 is 12.0 Å². The summed E-state index contributed by atoms with van der Waals surface area (Å²) in [5, 5.41) is 27.7. The van der Waals surface area contributed by atoms with Gasteiger partial charge in [-0.1, -0.05) is 5.21 Å². The van der Waals surface area contributed by atoms with Crippen molar-refractivity contribution in [2.45, 2.75) is 6.54 Å². The van der Waals surface area contributed by atoms with Gasteiger partial charge in [0.05, 0.1) is 13.1 Å². The lowest BCUT2D eigenvalue weighted by Gasteiger charge is -2.05. The number of hydrogen-bond acceptors (Lipinski definition) is 6. The first-order valence-electron chi connectivity index (χ1n) is 4.80. The standard InChI is InChI=1S/C7H11N7O4/c15-5(8-3-6(16)17)2-10-7(18)9-1-4-11-13-14-12-4/h1-3H2,(H,8,15)(H,16,17)(H2,9,10,18)(H,11,12,13,14). The van der Waals surface area contributed by atoms with Gasteiger partial charge in [-0.15, -0.1) is 10.2 Å². The van der Waals surface area contributed by atoms with E-state index < -0.39 is 24.5 Å². The van der Waals surface area contributed by atoms with Gasteiger partial charge in [-0.05, 0) is 0 Å². The lowest BCUT2D eigenvalue weighted by atomic mass is 10.5. The van der Waals surface area contributed by atoms with E-state index in [0.717, 1.165) is 0 Å². The third-order valence-electron chi connectivity index (χ3n) is 1.64. The molecule has 1 aromatic rings. The van der Waals surface area contributed by atoms with E-state index in [9.17, 15) is 14.4 Å². The van der Waals surface area contributed by atoms with Gasteiger partial charge in [-0.25, -0.2) is 4.79 Å². The molecule has 0 bridgehead atoms. The monoisotopic (exact) mass is 257 g/mol. The van der Waals surface area contributed by atoms with Crippen molar-refractivity contribution in [1.29, 1.82) is 0 Å². The predicted molar refractivity (Wildman–Crippen MR) is 55.1 cm³/mol. The van der Waals surface area contributed by atoms with Crippen LogP contribution in [0.3, 0.4) is 0 Å². The Morgan fingerprint density at radius 1 is 1.17 bits per heavy atom. The van der Waals surface area contributed by atoms with Gasteiger partial charge in [0.25, 0.3) is 0 Å². The molecule has 1 aromatic heterocycles. The summed E-state index contributed by atoms with van der Waals surface area (Å²) in [5.74, 6) is -1.47. The van der Waals surface area contributed by atoms with Crippen LogP contribution in [0.5, 0.6) is 0 Å². The van der Waals surface area contributed by atoms with Crippen molar-refractivity contribution in [3.8, 4) is 0 Å². The first kappa shape index (κ1) is 13.3. The quantitative estimate of drug-likeness (QED) is 0.367. The van der Waals surface area contributed by atoms with E-state index in [1.54, 1.807) is 0 Å². The van der Waals surface area contributed by atoms with Gasteiger partial charge in [0.1, 0.15) is 6.54 Å². The number of H-pyrrole nitrogens is 1. The van der Waals surface area contributed by atoms with E-state index in [2.05, 4.69) is 36.6 Å². The third-order valence-corrected chi connectivity index (χ3v) is 1.64. The molecule has 0 fully saturated rings. The highest BCUT2D eigenvalue weighted by Crippen LogP contribution is 1.80. The van der Waals surface area contributed by atoms with Gasteiger partial charge < -0.3 is 21.1 Å². The average molecular weight is 257 g/mol. The number of aromatic nitrogens is 4. The summed E-state index contributed by atoms with van der Waals surface area (Å²) in [7, 11) is 0. The van der Waals surface area contributed by atoms with Crippen LogP contribution in [0.1, 0.15) is 5.82 Å². The highest BCUT2D eigenvalue weighted by atomic mass is 16.4. The Morgan fingerprint density at radius 3 is 2.56 bits per heavy atom. The smallest absolute Gasteiger partial charge is 0.322 e. The largest absolute Gasteiger partial charge is 0.480 e. The number of aromatic amines is 1. The van der Waals surface area contributed by atoms with Gasteiger partial charge in [-0.2, -0.15) is 5.21 Å². The van der Waals surface area contributed by atoms with Crippen molar-refractivity contribution < 1.29 is 19.5 Å². The number of nitrogens with one attached hydrogen (secondary N) is 4. The van der Waals surface area contributed by atoms with Gasteiger partial charge in [-0.3, -0.25) is 9.59 Å². The Morgan fingerprint density at radius 2 is 1.94 bits per heavy atom. The maximum absolute atomic E-state index is 11.2. The molecular formula is C7H11N7O4. The third kappa shape index (κ3) is 5.39. The number of rotatable bonds is 6. The van der Waals surface area contributed by atoms with Crippen LogP contribution in [0.25, 0.3) is 0 Å². The summed E-state index contributed by atoms with van der Waals surface area (Å²) in [6, 6.07) is -0.606. The summed E-state index contributed by atoms with van der Waals surface area (Å²) >= 11 is 0. The maximum Gasteiger partial charge on any atom is 0.322 e. The van der Waals surface area contributed by atoms with Crippen LogP contribution in [-0.4, -0.2) is 56.7 Å². The first-order chi connectivity index (χ1) is 8.58. The molecule has 0 spiro atoms. The normalized spacial score (nSPS) is 9.56. The SMILES string of the molecule is O=C(O)CNC(=O)CNC(=O)NCc1nn[nH]n1. The number of tetrazole rings is 1. The van der Waals surface area contributed by atoms with E-state index in [1.165, 1.54) is 0 Å². The molecule has 0 aliphatic heterocycles. The minimum atomic E-state index is -1.16. The number of hydrogen-bond donors (Lipinski definition) is 5. The Labute approximate surface area is 100 Å². The first-order valence-corrected chi connectivity index (χ1v) is 4.80. The number of carbonyl (C=O) groups is 3. The van der Waals surface area contributed by atoms with Crippen LogP contribution in [0.15, 0.2) is 0 Å². The molecule has 0 saturated carbocycles. The Balaban J connectivity index is 2.13. The summed E-state index contributed by atoms with van der Waals surface area (Å²) < 4.78 is 0. The lowest BCUT2D eigenvalue weighted by molar-refractivity contribution is -0.137. The molecule has 0 aliphatic carbocycles. The van der Waals surface area contributed by atoms with Gasteiger partial charge in [0.15, 0.2) is 5.82 Å². The van der Waals surface area contributed by atoms with Crippen molar-refractivity contribution in [2.24, 2.45) is 0 Å². The molecule has 0 atom stereocenters. The molecule has 11 heteroatoms. The fraction of sp³-hybridized carbons (Fsp3) is 0.429. The molecule has 11 nitrogen and oxygen atoms in total. The Kier molecular flexibility index (Phi) is 5.02. The zero-order chi connectivity index (χ0) is 13.4. The van der Waals surface area contributed by atoms with Gasteiger partial charge in [0.2, 0.25) is 5.91 Å². The van der Waals surface area contributed by atoms with Crippen molar-refractivity contribution in [1.82, 2.24) is 36.6 Å². The fourth-order valence-corrected chi connectivity index (χ4v) is 0.876. The van der Waals surface area contributed by atoms with E-state index in [4.69, 9.17) is 5.11 Å². The van der Waals surface area contributed by atoms with Crippen molar-refractivity contribution >= 4 is 17.9 Å². The number of aliphatic carboxylic acids is 1. The van der Waals surface area contributed by atoms with Gasteiger partial charge in [0, 0.05) is 0 Å². The van der Waals surface area contributed by atoms with Crippen molar-refractivity contribution in [2.75, 3.05) is 13.1 Å². The molecule has 1 heterocycles. The molecule has 98 valence electrons. The van der Waals surface area contributed by atoms with Crippen molar-refractivity contribution in [3.63, 3.8) is 0 Å². The molecule has 5 N–H and O–H groups in total. The Hall–Kier alpha value is -2.72. The number of carbonyl (C=O) groups excluding carboxylic acids is 2. The average Bonchev–Trinajstić information content (AvgIpc) is 2.84. The molecular weight excluding hydrogens is 246 g/mol. The van der Waals surface area contributed by atoms with Crippen LogP contribution in [0, 0.1) is 0 Å². The number of carboxylic acids is 1. The second-order valence-corrected chi connectivity index (χ2v) is 3.03. The molecule has 0 unspecified atom stereocenters. The molecule has 18 heavy (non-hydrogen) atoms. The number of nitrogens with zero attached hydrogens (tertiary/aromatic N) is 3. The zero-order valence-corrected chi connectivity index (χ0v) is 9.13. The highest BCUT2D eigenvalue weighted by molar-refractivity contribution is 5.86. The molecule has 0 aromatic carbocycles. The molecule has 0 saturated heterocycles. The fourth-order valence-electron chi connectivity index (χ4n) is 0.876. The minimum Gasteiger partial charge on any atom is -0.480 e. The van der Waals surface area contributed by atoms with E-state index >= 15 is 0 Å². The number of urea groups is 1. The summed E-state index contributed by atoms with van der Waals surface area (Å²) in [4.78, 5) is 32.3. The summed E-state index contributed by atoms with van der Waals surface area (Å²) in [6.45, 7) is -0.768. The van der Waals surface area contributed by atoms with Crippen LogP contribution in [0.4, 0.5) is 4.79 Å².